The molecule has 33 heavy (non-hydrogen) atoms. The number of fused-ring (bicyclic) bond motifs is 1. The highest BCUT2D eigenvalue weighted by Gasteiger charge is 2.19. The minimum atomic E-state index is -0.833. The Labute approximate surface area is 191 Å². The molecule has 0 aliphatic heterocycles. The first kappa shape index (κ1) is 25.9. The molecule has 2 aromatic heterocycles. The van der Waals surface area contributed by atoms with Crippen molar-refractivity contribution in [1.29, 1.82) is 0 Å². The first-order valence-corrected chi connectivity index (χ1v) is 10.8. The number of imidazole rings is 1. The lowest BCUT2D eigenvalue weighted by atomic mass is 10.4. The van der Waals surface area contributed by atoms with Crippen LogP contribution in [-0.2, 0) is 30.4 Å². The summed E-state index contributed by atoms with van der Waals surface area (Å²) in [4.78, 5) is 36.3. The predicted octanol–water partition coefficient (Wildman–Crippen LogP) is 2.74. The second-order valence-electron chi connectivity index (χ2n) is 6.66. The third-order valence-corrected chi connectivity index (χ3v) is 4.01. The van der Waals surface area contributed by atoms with E-state index in [1.165, 1.54) is 6.33 Å². The Hall–Kier alpha value is -3.35. The zero-order valence-electron chi connectivity index (χ0n) is 19.4. The maximum atomic E-state index is 11.7. The lowest BCUT2D eigenvalue weighted by Crippen LogP contribution is -2.30. The Morgan fingerprint density at radius 3 is 2.18 bits per heavy atom. The summed E-state index contributed by atoms with van der Waals surface area (Å²) in [6.07, 6.45) is 0.387. The van der Waals surface area contributed by atoms with Crippen molar-refractivity contribution in [2.45, 2.75) is 46.4 Å². The van der Waals surface area contributed by atoms with E-state index in [2.05, 4.69) is 20.3 Å². The van der Waals surface area contributed by atoms with Crippen molar-refractivity contribution in [3.63, 3.8) is 0 Å². The fraction of sp³-hybridized carbons (Fsp3) is 0.650. The molecule has 1 N–H and O–H groups in total. The molecule has 2 rings (SSSR count). The van der Waals surface area contributed by atoms with Crippen LogP contribution in [0.25, 0.3) is 11.2 Å². The molecule has 184 valence electrons. The number of nitrogens with zero attached hydrogens (tertiary/aromatic N) is 4. The van der Waals surface area contributed by atoms with Gasteiger partial charge in [-0.25, -0.2) is 14.6 Å². The molecule has 0 amide bonds. The second-order valence-corrected chi connectivity index (χ2v) is 6.66. The average Bonchev–Trinajstić information content (AvgIpc) is 3.23. The van der Waals surface area contributed by atoms with Crippen LogP contribution in [0.2, 0.25) is 0 Å². The van der Waals surface area contributed by atoms with Gasteiger partial charge in [-0.3, -0.25) is 4.57 Å². The lowest BCUT2D eigenvalue weighted by Gasteiger charge is -2.18. The van der Waals surface area contributed by atoms with Gasteiger partial charge in [0.1, 0.15) is 26.0 Å². The van der Waals surface area contributed by atoms with Gasteiger partial charge >= 0.3 is 12.3 Å². The van der Waals surface area contributed by atoms with Gasteiger partial charge in [0.15, 0.2) is 11.2 Å². The summed E-state index contributed by atoms with van der Waals surface area (Å²) in [6, 6.07) is 0. The molecule has 2 aromatic rings. The quantitative estimate of drug-likeness (QED) is 0.406. The molecular weight excluding hydrogens is 438 g/mol. The van der Waals surface area contributed by atoms with E-state index in [4.69, 9.17) is 28.4 Å². The molecule has 0 saturated heterocycles. The first-order chi connectivity index (χ1) is 16.0. The topological polar surface area (TPSA) is 145 Å². The SMILES string of the molecule is CCCOC(=O)OCC(COC(=O)OCCC)OCn1cnc2c(OCC)nc(NC)nc21. The van der Waals surface area contributed by atoms with Crippen molar-refractivity contribution in [2.24, 2.45) is 0 Å². The molecule has 0 spiro atoms. The monoisotopic (exact) mass is 469 g/mol. The van der Waals surface area contributed by atoms with Crippen molar-refractivity contribution >= 4 is 29.4 Å². The van der Waals surface area contributed by atoms with Crippen LogP contribution >= 0.6 is 0 Å². The van der Waals surface area contributed by atoms with Gasteiger partial charge in [-0.2, -0.15) is 9.97 Å². The molecule has 13 heteroatoms. The van der Waals surface area contributed by atoms with Gasteiger partial charge in [-0.15, -0.1) is 0 Å². The summed E-state index contributed by atoms with van der Waals surface area (Å²) < 4.78 is 32.9. The molecule has 0 aliphatic carbocycles. The molecule has 0 radical (unpaired) electrons. The first-order valence-electron chi connectivity index (χ1n) is 10.8. The van der Waals surface area contributed by atoms with Crippen molar-refractivity contribution in [1.82, 2.24) is 19.5 Å². The highest BCUT2D eigenvalue weighted by atomic mass is 16.7. The molecule has 0 aliphatic rings. The number of rotatable bonds is 14. The van der Waals surface area contributed by atoms with Crippen LogP contribution in [-0.4, -0.2) is 78.0 Å². The molecule has 0 fully saturated rings. The van der Waals surface area contributed by atoms with Crippen molar-refractivity contribution in [2.75, 3.05) is 45.4 Å². The van der Waals surface area contributed by atoms with Crippen LogP contribution in [0.4, 0.5) is 15.5 Å². The number of ether oxygens (including phenoxy) is 6. The van der Waals surface area contributed by atoms with E-state index >= 15 is 0 Å². The smallest absolute Gasteiger partial charge is 0.476 e. The van der Waals surface area contributed by atoms with E-state index < -0.39 is 18.4 Å². The lowest BCUT2D eigenvalue weighted by molar-refractivity contribution is -0.0711. The van der Waals surface area contributed by atoms with E-state index in [9.17, 15) is 9.59 Å². The van der Waals surface area contributed by atoms with Crippen LogP contribution in [0.5, 0.6) is 5.88 Å². The van der Waals surface area contributed by atoms with Crippen LogP contribution in [0.15, 0.2) is 6.33 Å². The minimum absolute atomic E-state index is 0.0202. The Kier molecular flexibility index (Phi) is 10.9. The second kappa shape index (κ2) is 13.9. The molecule has 13 nitrogen and oxygen atoms in total. The Bertz CT molecular complexity index is 867. The highest BCUT2D eigenvalue weighted by Crippen LogP contribution is 2.23. The summed E-state index contributed by atoms with van der Waals surface area (Å²) >= 11 is 0. The molecule has 0 atom stereocenters. The van der Waals surface area contributed by atoms with E-state index in [0.717, 1.165) is 0 Å². The molecule has 2 heterocycles. The summed E-state index contributed by atoms with van der Waals surface area (Å²) in [7, 11) is 1.69. The normalized spacial score (nSPS) is 10.8. The third kappa shape index (κ3) is 8.25. The predicted molar refractivity (Wildman–Crippen MR) is 116 cm³/mol. The van der Waals surface area contributed by atoms with Crippen LogP contribution < -0.4 is 10.1 Å². The minimum Gasteiger partial charge on any atom is -0.476 e. The maximum absolute atomic E-state index is 11.7. The van der Waals surface area contributed by atoms with Gasteiger partial charge in [0.2, 0.25) is 11.8 Å². The zero-order chi connectivity index (χ0) is 24.1. The number of carbonyl (C=O) groups excluding carboxylic acids is 2. The molecule has 0 bridgehead atoms. The van der Waals surface area contributed by atoms with Gasteiger partial charge in [-0.1, -0.05) is 13.8 Å². The third-order valence-electron chi connectivity index (χ3n) is 4.01. The number of anilines is 1. The number of carbonyl (C=O) groups is 2. The Morgan fingerprint density at radius 2 is 1.64 bits per heavy atom. The summed E-state index contributed by atoms with van der Waals surface area (Å²) in [5.74, 6) is 0.694. The Morgan fingerprint density at radius 1 is 1.00 bits per heavy atom. The van der Waals surface area contributed by atoms with Gasteiger partial charge < -0.3 is 33.7 Å². The van der Waals surface area contributed by atoms with Gasteiger partial charge in [0.25, 0.3) is 0 Å². The van der Waals surface area contributed by atoms with E-state index in [1.807, 2.05) is 20.8 Å². The standard InChI is InChI=1S/C20H31N5O8/c1-5-8-29-19(26)31-10-14(11-32-20(27)30-9-6-2)33-13-25-12-22-15-16(25)23-18(21-4)24-17(15)28-7-3/h12,14H,5-11,13H2,1-4H3,(H,21,23,24). The van der Waals surface area contributed by atoms with E-state index in [-0.39, 0.29) is 33.2 Å². The molecule has 0 saturated carbocycles. The molecule has 0 aromatic carbocycles. The number of nitrogens with one attached hydrogen (secondary N) is 1. The van der Waals surface area contributed by atoms with Crippen molar-refractivity contribution < 1.29 is 38.0 Å². The maximum Gasteiger partial charge on any atom is 0.508 e. The number of hydrogen-bond donors (Lipinski definition) is 1. The highest BCUT2D eigenvalue weighted by molar-refractivity contribution is 5.77. The van der Waals surface area contributed by atoms with Crippen LogP contribution in [0.3, 0.4) is 0 Å². The number of hydrogen-bond acceptors (Lipinski definition) is 12. The van der Waals surface area contributed by atoms with E-state index in [0.29, 0.717) is 42.4 Å². The number of aromatic nitrogens is 4. The van der Waals surface area contributed by atoms with Crippen molar-refractivity contribution in [3.05, 3.63) is 6.33 Å². The van der Waals surface area contributed by atoms with Crippen LogP contribution in [0.1, 0.15) is 33.6 Å². The molecular formula is C20H31N5O8. The largest absolute Gasteiger partial charge is 0.508 e. The van der Waals surface area contributed by atoms with Gasteiger partial charge in [-0.05, 0) is 19.8 Å². The summed E-state index contributed by atoms with van der Waals surface area (Å²) in [6.45, 7) is 6.05. The molecule has 0 unspecified atom stereocenters. The summed E-state index contributed by atoms with van der Waals surface area (Å²) in [5, 5.41) is 2.87. The van der Waals surface area contributed by atoms with E-state index in [1.54, 1.807) is 11.6 Å². The van der Waals surface area contributed by atoms with Crippen molar-refractivity contribution in [3.8, 4) is 5.88 Å². The van der Waals surface area contributed by atoms with Gasteiger partial charge in [0, 0.05) is 7.05 Å². The summed E-state index contributed by atoms with van der Waals surface area (Å²) in [5.41, 5.74) is 0.942. The fourth-order valence-electron chi connectivity index (χ4n) is 2.47. The fourth-order valence-corrected chi connectivity index (χ4v) is 2.47. The Balaban J connectivity index is 2.07. The average molecular weight is 469 g/mol. The zero-order valence-corrected chi connectivity index (χ0v) is 19.4. The van der Waals surface area contributed by atoms with Crippen LogP contribution in [0, 0.1) is 0 Å². The van der Waals surface area contributed by atoms with Gasteiger partial charge in [0.05, 0.1) is 26.1 Å².